The Morgan fingerprint density at radius 1 is 1.07 bits per heavy atom. The second kappa shape index (κ2) is 11.1. The molecule has 28 heavy (non-hydrogen) atoms. The van der Waals surface area contributed by atoms with Crippen LogP contribution in [0.3, 0.4) is 0 Å². The van der Waals surface area contributed by atoms with Crippen LogP contribution < -0.4 is 10.6 Å². The van der Waals surface area contributed by atoms with Crippen molar-refractivity contribution in [2.45, 2.75) is 70.4 Å². The molecule has 0 fully saturated rings. The number of carbonyl (C=O) groups excluding carboxylic acids is 3. The molecule has 0 saturated carbocycles. The molecule has 156 valence electrons. The highest BCUT2D eigenvalue weighted by Crippen LogP contribution is 2.17. The van der Waals surface area contributed by atoms with Crippen LogP contribution in [0.2, 0.25) is 0 Å². The van der Waals surface area contributed by atoms with Crippen LogP contribution >= 0.6 is 11.8 Å². The summed E-state index contributed by atoms with van der Waals surface area (Å²) in [7, 11) is 0. The third kappa shape index (κ3) is 9.78. The van der Waals surface area contributed by atoms with Crippen LogP contribution in [-0.2, 0) is 14.3 Å². The van der Waals surface area contributed by atoms with E-state index in [1.165, 1.54) is 0 Å². The van der Waals surface area contributed by atoms with Crippen molar-refractivity contribution in [3.05, 3.63) is 24.3 Å². The molecule has 1 rings (SSSR count). The fourth-order valence-electron chi connectivity index (χ4n) is 2.53. The van der Waals surface area contributed by atoms with E-state index in [0.717, 1.165) is 4.90 Å². The molecule has 0 saturated heterocycles. The van der Waals surface area contributed by atoms with Gasteiger partial charge in [0.2, 0.25) is 0 Å². The lowest BCUT2D eigenvalue weighted by molar-refractivity contribution is -0.155. The monoisotopic (exact) mass is 408 g/mol. The van der Waals surface area contributed by atoms with Crippen molar-refractivity contribution in [2.75, 3.05) is 11.6 Å². The van der Waals surface area contributed by atoms with Gasteiger partial charge in [-0.25, -0.2) is 4.79 Å². The highest BCUT2D eigenvalue weighted by atomic mass is 32.2. The van der Waals surface area contributed by atoms with E-state index < -0.39 is 23.6 Å². The lowest BCUT2D eigenvalue weighted by atomic mass is 9.98. The summed E-state index contributed by atoms with van der Waals surface area (Å²) in [6, 6.07) is 6.37. The number of ether oxygens (including phenoxy) is 1. The van der Waals surface area contributed by atoms with Crippen LogP contribution in [0, 0.1) is 5.92 Å². The number of hydrogen-bond acceptors (Lipinski definition) is 5. The Balaban J connectivity index is 2.63. The average molecular weight is 409 g/mol. The molecule has 1 aromatic rings. The van der Waals surface area contributed by atoms with Gasteiger partial charge in [-0.3, -0.25) is 9.59 Å². The minimum Gasteiger partial charge on any atom is -0.460 e. The third-order valence-electron chi connectivity index (χ3n) is 3.74. The summed E-state index contributed by atoms with van der Waals surface area (Å²) in [5, 5.41) is 5.48. The summed E-state index contributed by atoms with van der Waals surface area (Å²) in [6.07, 6.45) is 2.53. The van der Waals surface area contributed by atoms with E-state index in [0.29, 0.717) is 12.1 Å². The van der Waals surface area contributed by atoms with Gasteiger partial charge in [-0.1, -0.05) is 13.8 Å². The van der Waals surface area contributed by atoms with E-state index in [-0.39, 0.29) is 24.5 Å². The van der Waals surface area contributed by atoms with Gasteiger partial charge < -0.3 is 15.4 Å². The molecule has 2 amide bonds. The maximum atomic E-state index is 12.6. The van der Waals surface area contributed by atoms with Gasteiger partial charge in [-0.2, -0.15) is 0 Å². The first-order valence-corrected chi connectivity index (χ1v) is 10.7. The van der Waals surface area contributed by atoms with E-state index in [1.807, 2.05) is 44.4 Å². The van der Waals surface area contributed by atoms with Crippen molar-refractivity contribution in [3.63, 3.8) is 0 Å². The number of thioether (sulfide) groups is 1. The summed E-state index contributed by atoms with van der Waals surface area (Å²) in [5.74, 6) is -0.369. The van der Waals surface area contributed by atoms with Gasteiger partial charge in [-0.05, 0) is 63.6 Å². The van der Waals surface area contributed by atoms with Crippen LogP contribution in [0.4, 0.5) is 10.5 Å². The van der Waals surface area contributed by atoms with Crippen molar-refractivity contribution >= 4 is 35.2 Å². The van der Waals surface area contributed by atoms with Gasteiger partial charge >= 0.3 is 12.0 Å². The fraction of sp³-hybridized carbons (Fsp3) is 0.571. The molecule has 7 heteroatoms. The normalized spacial score (nSPS) is 12.4. The standard InChI is InChI=1S/C21H32N2O4S/c1-14(2)13-17(18(24)11-12-19(25)27-21(3,4)5)23-20(26)22-15-7-9-16(28-6)10-8-15/h7-10,14,17H,11-13H2,1-6H3,(H2,22,23,26)/t17-/m0/s1. The molecular formula is C21H32N2O4S. The highest BCUT2D eigenvalue weighted by molar-refractivity contribution is 7.98. The second-order valence-corrected chi connectivity index (χ2v) is 8.94. The summed E-state index contributed by atoms with van der Waals surface area (Å²) < 4.78 is 5.24. The number of amides is 2. The first kappa shape index (κ1) is 24.0. The highest BCUT2D eigenvalue weighted by Gasteiger charge is 2.24. The van der Waals surface area contributed by atoms with Crippen LogP contribution in [0.25, 0.3) is 0 Å². The van der Waals surface area contributed by atoms with Crippen LogP contribution in [0.5, 0.6) is 0 Å². The van der Waals surface area contributed by atoms with E-state index in [9.17, 15) is 14.4 Å². The molecule has 0 aliphatic carbocycles. The molecule has 2 N–H and O–H groups in total. The fourth-order valence-corrected chi connectivity index (χ4v) is 2.94. The second-order valence-electron chi connectivity index (χ2n) is 8.06. The number of nitrogens with one attached hydrogen (secondary N) is 2. The first-order valence-electron chi connectivity index (χ1n) is 9.46. The molecule has 6 nitrogen and oxygen atoms in total. The minimum atomic E-state index is -0.645. The molecule has 0 unspecified atom stereocenters. The molecule has 1 aromatic carbocycles. The van der Waals surface area contributed by atoms with Gasteiger partial charge in [0.25, 0.3) is 0 Å². The number of Topliss-reactive ketones (excluding diaryl/α,β-unsaturated/α-hetero) is 1. The zero-order valence-electron chi connectivity index (χ0n) is 17.6. The van der Waals surface area contributed by atoms with Gasteiger partial charge in [0.15, 0.2) is 5.78 Å². The van der Waals surface area contributed by atoms with Crippen molar-refractivity contribution in [1.29, 1.82) is 0 Å². The molecule has 0 aromatic heterocycles. The predicted molar refractivity (Wildman–Crippen MR) is 114 cm³/mol. The van der Waals surface area contributed by atoms with E-state index in [4.69, 9.17) is 4.74 Å². The number of urea groups is 1. The van der Waals surface area contributed by atoms with Crippen molar-refractivity contribution in [2.24, 2.45) is 5.92 Å². The van der Waals surface area contributed by atoms with Crippen molar-refractivity contribution < 1.29 is 19.1 Å². The third-order valence-corrected chi connectivity index (χ3v) is 4.49. The molecule has 0 aliphatic heterocycles. The Bertz CT molecular complexity index is 666. The Labute approximate surface area is 172 Å². The summed E-state index contributed by atoms with van der Waals surface area (Å²) >= 11 is 1.62. The average Bonchev–Trinajstić information content (AvgIpc) is 2.57. The molecule has 0 spiro atoms. The van der Waals surface area contributed by atoms with Crippen molar-refractivity contribution in [3.8, 4) is 0 Å². The molecule has 0 bridgehead atoms. The number of ketones is 1. The van der Waals surface area contributed by atoms with Gasteiger partial charge in [0.1, 0.15) is 5.60 Å². The molecule has 0 heterocycles. The van der Waals surface area contributed by atoms with Gasteiger partial charge in [0, 0.05) is 17.0 Å². The smallest absolute Gasteiger partial charge is 0.319 e. The number of benzene rings is 1. The Morgan fingerprint density at radius 2 is 1.68 bits per heavy atom. The summed E-state index contributed by atoms with van der Waals surface area (Å²) in [5.41, 5.74) is 0.0707. The summed E-state index contributed by atoms with van der Waals surface area (Å²) in [6.45, 7) is 9.31. The van der Waals surface area contributed by atoms with Crippen LogP contribution in [0.15, 0.2) is 29.2 Å². The number of esters is 1. The Kier molecular flexibility index (Phi) is 9.52. The van der Waals surface area contributed by atoms with Crippen LogP contribution in [0.1, 0.15) is 53.9 Å². The lowest BCUT2D eigenvalue weighted by Crippen LogP contribution is -2.44. The maximum absolute atomic E-state index is 12.6. The molecule has 0 radical (unpaired) electrons. The number of hydrogen-bond donors (Lipinski definition) is 2. The predicted octanol–water partition coefficient (Wildman–Crippen LogP) is 4.64. The zero-order valence-corrected chi connectivity index (χ0v) is 18.4. The Hall–Kier alpha value is -2.02. The number of anilines is 1. The largest absolute Gasteiger partial charge is 0.460 e. The minimum absolute atomic E-state index is 0.00411. The topological polar surface area (TPSA) is 84.5 Å². The molecular weight excluding hydrogens is 376 g/mol. The first-order chi connectivity index (χ1) is 13.0. The molecule has 1 atom stereocenters. The quantitative estimate of drug-likeness (QED) is 0.459. The number of carbonyl (C=O) groups is 3. The zero-order chi connectivity index (χ0) is 21.3. The van der Waals surface area contributed by atoms with Crippen molar-refractivity contribution in [1.82, 2.24) is 5.32 Å². The number of rotatable bonds is 9. The SMILES string of the molecule is CSc1ccc(NC(=O)N[C@@H](CC(C)C)C(=O)CCC(=O)OC(C)(C)C)cc1. The lowest BCUT2D eigenvalue weighted by Gasteiger charge is -2.21. The Morgan fingerprint density at radius 3 is 2.18 bits per heavy atom. The van der Waals surface area contributed by atoms with E-state index in [1.54, 1.807) is 32.5 Å². The molecule has 0 aliphatic rings. The van der Waals surface area contributed by atoms with Gasteiger partial charge in [-0.15, -0.1) is 11.8 Å². The maximum Gasteiger partial charge on any atom is 0.319 e. The van der Waals surface area contributed by atoms with Gasteiger partial charge in [0.05, 0.1) is 12.5 Å². The summed E-state index contributed by atoms with van der Waals surface area (Å²) in [4.78, 5) is 37.8. The van der Waals surface area contributed by atoms with E-state index in [2.05, 4.69) is 10.6 Å². The van der Waals surface area contributed by atoms with E-state index >= 15 is 0 Å². The van der Waals surface area contributed by atoms with Crippen LogP contribution in [-0.4, -0.2) is 35.7 Å².